The first-order valence-corrected chi connectivity index (χ1v) is 5.34. The molecule has 0 radical (unpaired) electrons. The van der Waals surface area contributed by atoms with E-state index in [1.54, 1.807) is 13.8 Å². The number of carboxylic acid groups (broad SMARTS) is 1. The van der Waals surface area contributed by atoms with Crippen molar-refractivity contribution in [2.24, 2.45) is 0 Å². The lowest BCUT2D eigenvalue weighted by atomic mass is 10.0. The lowest BCUT2D eigenvalue weighted by Crippen LogP contribution is -2.44. The summed E-state index contributed by atoms with van der Waals surface area (Å²) in [5.41, 5.74) is -0.758. The summed E-state index contributed by atoms with van der Waals surface area (Å²) in [6.45, 7) is 3.48. The molecule has 1 amide bonds. The summed E-state index contributed by atoms with van der Waals surface area (Å²) >= 11 is 0. The molecular weight excluding hydrogens is 238 g/mol. The summed E-state index contributed by atoms with van der Waals surface area (Å²) in [5.74, 6) is -1.66. The summed E-state index contributed by atoms with van der Waals surface area (Å²) in [7, 11) is 0. The van der Waals surface area contributed by atoms with Crippen LogP contribution < -0.4 is 5.32 Å². The number of aromatic nitrogens is 2. The standard InChI is InChI=1S/C11H15N3O4/c1-11(2,3-4-15)14-9(16)7-5-13-8(6-12-7)10(17)18/h5-6,15H,3-4H2,1-2H3,(H,14,16)(H,17,18). The van der Waals surface area contributed by atoms with Crippen molar-refractivity contribution >= 4 is 11.9 Å². The van der Waals surface area contributed by atoms with Gasteiger partial charge in [0.2, 0.25) is 0 Å². The molecule has 7 heteroatoms. The third kappa shape index (κ3) is 3.77. The van der Waals surface area contributed by atoms with Crippen molar-refractivity contribution in [3.05, 3.63) is 23.8 Å². The predicted octanol–water partition coefficient (Wildman–Crippen LogP) is 0.0656. The number of hydrogen-bond acceptors (Lipinski definition) is 5. The van der Waals surface area contributed by atoms with Crippen molar-refractivity contribution in [3.63, 3.8) is 0 Å². The molecule has 0 fully saturated rings. The molecule has 1 heterocycles. The minimum atomic E-state index is -1.20. The van der Waals surface area contributed by atoms with Crippen molar-refractivity contribution in [1.29, 1.82) is 0 Å². The van der Waals surface area contributed by atoms with Gasteiger partial charge in [0.1, 0.15) is 5.69 Å². The highest BCUT2D eigenvalue weighted by Gasteiger charge is 2.21. The van der Waals surface area contributed by atoms with E-state index in [4.69, 9.17) is 10.2 Å². The summed E-state index contributed by atoms with van der Waals surface area (Å²) in [4.78, 5) is 29.7. The normalized spacial score (nSPS) is 11.1. The summed E-state index contributed by atoms with van der Waals surface area (Å²) < 4.78 is 0. The fraction of sp³-hybridized carbons (Fsp3) is 0.455. The lowest BCUT2D eigenvalue weighted by Gasteiger charge is -2.24. The molecule has 0 saturated heterocycles. The number of aliphatic hydroxyl groups is 1. The second-order valence-electron chi connectivity index (χ2n) is 4.40. The fourth-order valence-electron chi connectivity index (χ4n) is 1.27. The van der Waals surface area contributed by atoms with Gasteiger partial charge in [-0.3, -0.25) is 4.79 Å². The van der Waals surface area contributed by atoms with Crippen LogP contribution in [0.25, 0.3) is 0 Å². The maximum atomic E-state index is 11.8. The molecule has 0 spiro atoms. The monoisotopic (exact) mass is 253 g/mol. The highest BCUT2D eigenvalue weighted by Crippen LogP contribution is 2.08. The number of amides is 1. The highest BCUT2D eigenvalue weighted by molar-refractivity contribution is 5.93. The fourth-order valence-corrected chi connectivity index (χ4v) is 1.27. The Labute approximate surface area is 104 Å². The van der Waals surface area contributed by atoms with Crippen LogP contribution in [0.2, 0.25) is 0 Å². The Morgan fingerprint density at radius 2 is 1.83 bits per heavy atom. The first kappa shape index (κ1) is 14.0. The number of aromatic carboxylic acids is 1. The maximum Gasteiger partial charge on any atom is 0.356 e. The van der Waals surface area contributed by atoms with Crippen LogP contribution in [0.4, 0.5) is 0 Å². The quantitative estimate of drug-likeness (QED) is 0.684. The van der Waals surface area contributed by atoms with E-state index >= 15 is 0 Å². The second-order valence-corrected chi connectivity index (χ2v) is 4.40. The topological polar surface area (TPSA) is 112 Å². The zero-order chi connectivity index (χ0) is 13.8. The van der Waals surface area contributed by atoms with Crippen molar-refractivity contribution < 1.29 is 19.8 Å². The van der Waals surface area contributed by atoms with Crippen LogP contribution in [-0.2, 0) is 0 Å². The zero-order valence-corrected chi connectivity index (χ0v) is 10.2. The molecule has 7 nitrogen and oxygen atoms in total. The molecule has 98 valence electrons. The SMILES string of the molecule is CC(C)(CCO)NC(=O)c1cnc(C(=O)O)cn1. The van der Waals surface area contributed by atoms with Gasteiger partial charge in [-0.1, -0.05) is 0 Å². The van der Waals surface area contributed by atoms with E-state index in [-0.39, 0.29) is 18.0 Å². The first-order chi connectivity index (χ1) is 8.35. The maximum absolute atomic E-state index is 11.8. The Bertz CT molecular complexity index is 442. The number of carbonyl (C=O) groups excluding carboxylic acids is 1. The van der Waals surface area contributed by atoms with E-state index in [1.807, 2.05) is 0 Å². The van der Waals surface area contributed by atoms with Gasteiger partial charge in [-0.2, -0.15) is 0 Å². The number of nitrogens with zero attached hydrogens (tertiary/aromatic N) is 2. The molecule has 0 bridgehead atoms. The van der Waals surface area contributed by atoms with Crippen LogP contribution >= 0.6 is 0 Å². The second kappa shape index (κ2) is 5.54. The Kier molecular flexibility index (Phi) is 4.33. The molecule has 18 heavy (non-hydrogen) atoms. The molecule has 1 aromatic heterocycles. The smallest absolute Gasteiger partial charge is 0.356 e. The number of hydrogen-bond donors (Lipinski definition) is 3. The molecule has 3 N–H and O–H groups in total. The van der Waals surface area contributed by atoms with E-state index in [2.05, 4.69) is 15.3 Å². The highest BCUT2D eigenvalue weighted by atomic mass is 16.4. The molecule has 0 aliphatic carbocycles. The van der Waals surface area contributed by atoms with Crippen LogP contribution in [0, 0.1) is 0 Å². The minimum absolute atomic E-state index is 0.0333. The number of carbonyl (C=O) groups is 2. The van der Waals surface area contributed by atoms with Gasteiger partial charge in [0.25, 0.3) is 5.91 Å². The zero-order valence-electron chi connectivity index (χ0n) is 10.2. The van der Waals surface area contributed by atoms with Gasteiger partial charge in [-0.05, 0) is 20.3 Å². The molecule has 1 aromatic rings. The molecule has 0 atom stereocenters. The van der Waals surface area contributed by atoms with E-state index < -0.39 is 17.4 Å². The van der Waals surface area contributed by atoms with Crippen molar-refractivity contribution in [2.75, 3.05) is 6.61 Å². The molecule has 0 aliphatic heterocycles. The third-order valence-corrected chi connectivity index (χ3v) is 2.29. The Morgan fingerprint density at radius 1 is 1.28 bits per heavy atom. The lowest BCUT2D eigenvalue weighted by molar-refractivity contribution is 0.0688. The van der Waals surface area contributed by atoms with E-state index in [0.717, 1.165) is 12.4 Å². The molecule has 0 unspecified atom stereocenters. The molecule has 1 rings (SSSR count). The van der Waals surface area contributed by atoms with Crippen LogP contribution in [0.15, 0.2) is 12.4 Å². The number of carboxylic acids is 1. The molecule has 0 saturated carbocycles. The van der Waals surface area contributed by atoms with Crippen LogP contribution in [-0.4, -0.2) is 44.2 Å². The molecule has 0 aliphatic rings. The van der Waals surface area contributed by atoms with Gasteiger partial charge < -0.3 is 15.5 Å². The minimum Gasteiger partial charge on any atom is -0.476 e. The number of nitrogens with one attached hydrogen (secondary N) is 1. The average molecular weight is 253 g/mol. The van der Waals surface area contributed by atoms with Gasteiger partial charge >= 0.3 is 5.97 Å². The first-order valence-electron chi connectivity index (χ1n) is 5.34. The van der Waals surface area contributed by atoms with Crippen molar-refractivity contribution in [2.45, 2.75) is 25.8 Å². The summed E-state index contributed by atoms with van der Waals surface area (Å²) in [6.07, 6.45) is 2.53. The van der Waals surface area contributed by atoms with Crippen LogP contribution in [0.3, 0.4) is 0 Å². The molecule has 0 aromatic carbocycles. The van der Waals surface area contributed by atoms with Crippen molar-refractivity contribution in [3.8, 4) is 0 Å². The Balaban J connectivity index is 2.76. The van der Waals surface area contributed by atoms with Crippen LogP contribution in [0.5, 0.6) is 0 Å². The average Bonchev–Trinajstić information content (AvgIpc) is 2.28. The van der Waals surface area contributed by atoms with Gasteiger partial charge in [-0.25, -0.2) is 14.8 Å². The van der Waals surface area contributed by atoms with E-state index in [1.165, 1.54) is 0 Å². The Morgan fingerprint density at radius 3 is 2.28 bits per heavy atom. The summed E-state index contributed by atoms with van der Waals surface area (Å²) in [6, 6.07) is 0. The largest absolute Gasteiger partial charge is 0.476 e. The summed E-state index contributed by atoms with van der Waals surface area (Å²) in [5, 5.41) is 20.2. The third-order valence-electron chi connectivity index (χ3n) is 2.29. The van der Waals surface area contributed by atoms with Gasteiger partial charge in [0, 0.05) is 12.1 Å². The Hall–Kier alpha value is -2.02. The van der Waals surface area contributed by atoms with Crippen LogP contribution in [0.1, 0.15) is 41.2 Å². The van der Waals surface area contributed by atoms with Gasteiger partial charge in [-0.15, -0.1) is 0 Å². The molecular formula is C11H15N3O4. The van der Waals surface area contributed by atoms with Crippen molar-refractivity contribution in [1.82, 2.24) is 15.3 Å². The number of aliphatic hydroxyl groups excluding tert-OH is 1. The van der Waals surface area contributed by atoms with Gasteiger partial charge in [0.05, 0.1) is 12.4 Å². The van der Waals surface area contributed by atoms with E-state index in [9.17, 15) is 9.59 Å². The predicted molar refractivity (Wildman–Crippen MR) is 62.2 cm³/mol. The van der Waals surface area contributed by atoms with Gasteiger partial charge in [0.15, 0.2) is 5.69 Å². The van der Waals surface area contributed by atoms with E-state index in [0.29, 0.717) is 6.42 Å². The number of rotatable bonds is 5.